The molecule has 1 spiro atoms. The summed E-state index contributed by atoms with van der Waals surface area (Å²) in [6.45, 7) is 0. The van der Waals surface area contributed by atoms with E-state index < -0.39 is 0 Å². The molecule has 0 N–H and O–H groups in total. The van der Waals surface area contributed by atoms with Crippen molar-refractivity contribution in [2.45, 2.75) is 50.0 Å². The predicted molar refractivity (Wildman–Crippen MR) is 88.4 cm³/mol. The molecule has 1 aromatic rings. The highest BCUT2D eigenvalue weighted by Gasteiger charge is 2.56. The Morgan fingerprint density at radius 3 is 2.45 bits per heavy atom. The van der Waals surface area contributed by atoms with Crippen molar-refractivity contribution in [1.82, 2.24) is 0 Å². The fourth-order valence-electron chi connectivity index (χ4n) is 3.46. The zero-order valence-corrected chi connectivity index (χ0v) is 14.8. The number of ether oxygens (including phenoxy) is 1. The summed E-state index contributed by atoms with van der Waals surface area (Å²) in [7, 11) is 0. The molecule has 2 unspecified atom stereocenters. The number of benzene rings is 1. The van der Waals surface area contributed by atoms with Gasteiger partial charge >= 0.3 is 0 Å². The van der Waals surface area contributed by atoms with Gasteiger partial charge in [-0.15, -0.1) is 11.6 Å². The lowest BCUT2D eigenvalue weighted by Crippen LogP contribution is -2.58. The first-order valence-electron chi connectivity index (χ1n) is 6.98. The third kappa shape index (κ3) is 2.58. The molecule has 2 aliphatic rings. The van der Waals surface area contributed by atoms with E-state index in [2.05, 4.69) is 15.9 Å². The highest BCUT2D eigenvalue weighted by Crippen LogP contribution is 2.56. The molecule has 20 heavy (non-hydrogen) atoms. The van der Waals surface area contributed by atoms with E-state index in [1.54, 1.807) is 12.1 Å². The first-order chi connectivity index (χ1) is 9.53. The number of halogens is 4. The Morgan fingerprint density at radius 1 is 1.10 bits per heavy atom. The number of alkyl halides is 1. The largest absolute Gasteiger partial charge is 0.488 e. The second-order valence-electron chi connectivity index (χ2n) is 5.80. The molecule has 2 fully saturated rings. The minimum atomic E-state index is 0.142. The maximum Gasteiger partial charge on any atom is 0.139 e. The van der Waals surface area contributed by atoms with Gasteiger partial charge in [-0.2, -0.15) is 0 Å². The Bertz CT molecular complexity index is 514. The molecular formula is C15H16BrCl3O. The smallest absolute Gasteiger partial charge is 0.139 e. The van der Waals surface area contributed by atoms with Crippen molar-refractivity contribution < 1.29 is 4.74 Å². The van der Waals surface area contributed by atoms with Crippen molar-refractivity contribution in [2.75, 3.05) is 0 Å². The number of hydrogen-bond donors (Lipinski definition) is 0. The van der Waals surface area contributed by atoms with Gasteiger partial charge in [0.15, 0.2) is 0 Å². The predicted octanol–water partition coefficient (Wildman–Crippen LogP) is 6.46. The molecule has 0 saturated heterocycles. The summed E-state index contributed by atoms with van der Waals surface area (Å²) >= 11 is 22.2. The molecule has 5 heteroatoms. The highest BCUT2D eigenvalue weighted by atomic mass is 79.9. The topological polar surface area (TPSA) is 9.23 Å². The van der Waals surface area contributed by atoms with Gasteiger partial charge in [0.2, 0.25) is 0 Å². The minimum absolute atomic E-state index is 0.142. The SMILES string of the molecule is Clc1cc(OC2CC(Cl)C23CCCCC3)c(Cl)cc1Br. The van der Waals surface area contributed by atoms with Crippen LogP contribution in [0.5, 0.6) is 5.75 Å². The molecule has 2 aliphatic carbocycles. The Balaban J connectivity index is 1.80. The van der Waals surface area contributed by atoms with E-state index in [1.807, 2.05) is 0 Å². The van der Waals surface area contributed by atoms with Crippen molar-refractivity contribution in [1.29, 1.82) is 0 Å². The van der Waals surface area contributed by atoms with Gasteiger partial charge in [-0.05, 0) is 34.8 Å². The fraction of sp³-hybridized carbons (Fsp3) is 0.600. The van der Waals surface area contributed by atoms with Crippen molar-refractivity contribution in [2.24, 2.45) is 5.41 Å². The van der Waals surface area contributed by atoms with Gasteiger partial charge in [0.05, 0.1) is 10.0 Å². The summed E-state index contributed by atoms with van der Waals surface area (Å²) in [4.78, 5) is 0. The molecule has 0 bridgehead atoms. The van der Waals surface area contributed by atoms with Crippen molar-refractivity contribution in [3.8, 4) is 5.75 Å². The van der Waals surface area contributed by atoms with Crippen LogP contribution in [0.3, 0.4) is 0 Å². The Kier molecular flexibility index (Phi) is 4.48. The average Bonchev–Trinajstić information content (AvgIpc) is 2.45. The highest BCUT2D eigenvalue weighted by molar-refractivity contribution is 9.10. The van der Waals surface area contributed by atoms with Crippen LogP contribution in [-0.2, 0) is 0 Å². The molecule has 2 atom stereocenters. The van der Waals surface area contributed by atoms with E-state index >= 15 is 0 Å². The minimum Gasteiger partial charge on any atom is -0.488 e. The van der Waals surface area contributed by atoms with E-state index in [9.17, 15) is 0 Å². The van der Waals surface area contributed by atoms with Crippen LogP contribution < -0.4 is 4.74 Å². The molecule has 0 aliphatic heterocycles. The molecule has 3 rings (SSSR count). The summed E-state index contributed by atoms with van der Waals surface area (Å²) in [5, 5.41) is 1.44. The fourth-order valence-corrected chi connectivity index (χ4v) is 4.81. The third-order valence-electron chi connectivity index (χ3n) is 4.71. The van der Waals surface area contributed by atoms with Crippen LogP contribution in [0.15, 0.2) is 16.6 Å². The van der Waals surface area contributed by atoms with E-state index in [0.717, 1.165) is 23.7 Å². The van der Waals surface area contributed by atoms with E-state index in [-0.39, 0.29) is 16.9 Å². The van der Waals surface area contributed by atoms with Gasteiger partial charge < -0.3 is 4.74 Å². The molecule has 0 aromatic heterocycles. The quantitative estimate of drug-likeness (QED) is 0.410. The van der Waals surface area contributed by atoms with Crippen LogP contribution in [0.4, 0.5) is 0 Å². The zero-order valence-electron chi connectivity index (χ0n) is 11.0. The molecule has 0 radical (unpaired) electrons. The standard InChI is InChI=1S/C15H16BrCl3O/c16-9-6-11(18)12(7-10(9)17)20-14-8-13(19)15(14)4-2-1-3-5-15/h6-7,13-14H,1-5,8H2. The number of rotatable bonds is 2. The van der Waals surface area contributed by atoms with Crippen LogP contribution in [0.25, 0.3) is 0 Å². The summed E-state index contributed by atoms with van der Waals surface area (Å²) < 4.78 is 6.94. The Labute approximate surface area is 143 Å². The van der Waals surface area contributed by atoms with Gasteiger partial charge in [0.25, 0.3) is 0 Å². The molecular weight excluding hydrogens is 382 g/mol. The van der Waals surface area contributed by atoms with Crippen LogP contribution in [0.2, 0.25) is 10.0 Å². The lowest BCUT2D eigenvalue weighted by atomic mass is 9.58. The summed E-state index contributed by atoms with van der Waals surface area (Å²) in [6.07, 6.45) is 7.19. The molecule has 0 heterocycles. The van der Waals surface area contributed by atoms with Crippen molar-refractivity contribution in [3.05, 3.63) is 26.7 Å². The first kappa shape index (κ1) is 15.3. The van der Waals surface area contributed by atoms with Crippen molar-refractivity contribution in [3.63, 3.8) is 0 Å². The monoisotopic (exact) mass is 396 g/mol. The van der Waals surface area contributed by atoms with Gasteiger partial charge in [-0.1, -0.05) is 42.5 Å². The van der Waals surface area contributed by atoms with Crippen LogP contribution in [0.1, 0.15) is 38.5 Å². The van der Waals surface area contributed by atoms with Crippen LogP contribution in [0, 0.1) is 5.41 Å². The van der Waals surface area contributed by atoms with Gasteiger partial charge in [-0.25, -0.2) is 0 Å². The Hall–Kier alpha value is 0.370. The summed E-state index contributed by atoms with van der Waals surface area (Å²) in [6, 6.07) is 3.57. The zero-order chi connectivity index (χ0) is 14.3. The maximum absolute atomic E-state index is 6.50. The molecule has 110 valence electrons. The van der Waals surface area contributed by atoms with Crippen LogP contribution in [-0.4, -0.2) is 11.5 Å². The second kappa shape index (κ2) is 5.87. The lowest BCUT2D eigenvalue weighted by Gasteiger charge is -2.55. The third-order valence-corrected chi connectivity index (χ3v) is 6.82. The Morgan fingerprint density at radius 2 is 1.80 bits per heavy atom. The maximum atomic E-state index is 6.50. The number of hydrogen-bond acceptors (Lipinski definition) is 1. The lowest BCUT2D eigenvalue weighted by molar-refractivity contribution is -0.0649. The second-order valence-corrected chi connectivity index (χ2v) is 8.00. The van der Waals surface area contributed by atoms with Crippen LogP contribution >= 0.6 is 50.7 Å². The van der Waals surface area contributed by atoms with Gasteiger partial charge in [0.1, 0.15) is 11.9 Å². The molecule has 0 amide bonds. The average molecular weight is 399 g/mol. The molecule has 1 nitrogen and oxygen atoms in total. The first-order valence-corrected chi connectivity index (χ1v) is 8.97. The van der Waals surface area contributed by atoms with E-state index in [1.165, 1.54) is 19.3 Å². The molecule has 1 aromatic carbocycles. The summed E-state index contributed by atoms with van der Waals surface area (Å²) in [5.41, 5.74) is 0.142. The van der Waals surface area contributed by atoms with E-state index in [0.29, 0.717) is 15.8 Å². The summed E-state index contributed by atoms with van der Waals surface area (Å²) in [5.74, 6) is 0.665. The van der Waals surface area contributed by atoms with Gasteiger partial charge in [-0.3, -0.25) is 0 Å². The van der Waals surface area contributed by atoms with Gasteiger partial charge in [0, 0.05) is 27.8 Å². The normalized spacial score (nSPS) is 28.2. The van der Waals surface area contributed by atoms with E-state index in [4.69, 9.17) is 39.5 Å². The van der Waals surface area contributed by atoms with Crippen molar-refractivity contribution >= 4 is 50.7 Å². The molecule has 2 saturated carbocycles.